The first-order chi connectivity index (χ1) is 5.59. The van der Waals surface area contributed by atoms with Crippen LogP contribution in [0.25, 0.3) is 0 Å². The summed E-state index contributed by atoms with van der Waals surface area (Å²) in [6, 6.07) is 2.16. The van der Waals surface area contributed by atoms with Crippen molar-refractivity contribution in [1.82, 2.24) is 4.98 Å². The fourth-order valence-electron chi connectivity index (χ4n) is 1.64. The third-order valence-corrected chi connectivity index (χ3v) is 2.39. The van der Waals surface area contributed by atoms with Crippen LogP contribution in [0.4, 0.5) is 5.69 Å². The van der Waals surface area contributed by atoms with Crippen LogP contribution in [0.5, 0.6) is 0 Å². The van der Waals surface area contributed by atoms with E-state index in [4.69, 9.17) is 0 Å². The lowest BCUT2D eigenvalue weighted by Gasteiger charge is -2.15. The van der Waals surface area contributed by atoms with Crippen LogP contribution in [0.3, 0.4) is 0 Å². The molecule has 0 spiro atoms. The van der Waals surface area contributed by atoms with Crippen molar-refractivity contribution < 1.29 is 0 Å². The van der Waals surface area contributed by atoms with E-state index < -0.39 is 0 Å². The highest BCUT2D eigenvalue weighted by Crippen LogP contribution is 2.32. The molecule has 1 aromatic rings. The normalized spacial score (nSPS) is 18.5. The molecule has 3 heteroatoms. The minimum atomic E-state index is 0.197. The van der Waals surface area contributed by atoms with Crippen molar-refractivity contribution in [1.29, 1.82) is 0 Å². The van der Waals surface area contributed by atoms with E-state index in [0.29, 0.717) is 0 Å². The van der Waals surface area contributed by atoms with Gasteiger partial charge in [0.2, 0.25) is 0 Å². The maximum Gasteiger partial charge on any atom is 0.141 e. The van der Waals surface area contributed by atoms with Gasteiger partial charge in [0.05, 0.1) is 11.4 Å². The maximum atomic E-state index is 4.45. The molecule has 0 saturated carbocycles. The van der Waals surface area contributed by atoms with E-state index in [0.717, 1.165) is 6.54 Å². The zero-order chi connectivity index (χ0) is 8.77. The van der Waals surface area contributed by atoms with E-state index in [9.17, 15) is 0 Å². The van der Waals surface area contributed by atoms with E-state index in [1.807, 2.05) is 6.20 Å². The molecule has 0 fully saturated rings. The molecule has 0 atom stereocenters. The average Bonchev–Trinajstić information content (AvgIpc) is 2.27. The molecule has 2 nitrogen and oxygen atoms in total. The average molecular weight is 160 g/mol. The highest BCUT2D eigenvalue weighted by molar-refractivity contribution is 6.32. The molecule has 0 aromatic carbocycles. The van der Waals surface area contributed by atoms with Gasteiger partial charge >= 0.3 is 0 Å². The molecule has 1 aliphatic heterocycles. The highest BCUT2D eigenvalue weighted by Gasteiger charge is 2.30. The van der Waals surface area contributed by atoms with Gasteiger partial charge in [-0.1, -0.05) is 19.3 Å². The summed E-state index contributed by atoms with van der Waals surface area (Å²) in [5, 5.41) is 3.37. The molecule has 2 rings (SSSR count). The summed E-state index contributed by atoms with van der Waals surface area (Å²) in [7, 11) is 2.07. The zero-order valence-corrected chi connectivity index (χ0v) is 7.81. The Labute approximate surface area is 73.8 Å². The zero-order valence-electron chi connectivity index (χ0n) is 7.81. The number of aromatic nitrogens is 1. The van der Waals surface area contributed by atoms with Gasteiger partial charge in [-0.3, -0.25) is 4.98 Å². The van der Waals surface area contributed by atoms with Crippen molar-refractivity contribution in [2.24, 2.45) is 0 Å². The minimum Gasteiger partial charge on any atom is -0.383 e. The second-order valence-electron chi connectivity index (χ2n) is 4.15. The predicted octanol–water partition coefficient (Wildman–Crippen LogP) is 0.0431. The number of hydrogen-bond donors (Lipinski definition) is 1. The van der Waals surface area contributed by atoms with Crippen LogP contribution < -0.4 is 10.8 Å². The Morgan fingerprint density at radius 2 is 2.33 bits per heavy atom. The molecule has 0 saturated heterocycles. The van der Waals surface area contributed by atoms with Crippen LogP contribution in [-0.2, 0) is 5.41 Å². The number of rotatable bonds is 0. The molecule has 0 amide bonds. The summed E-state index contributed by atoms with van der Waals surface area (Å²) >= 11 is 0. The number of nitrogens with zero attached hydrogens (tertiary/aromatic N) is 1. The third kappa shape index (κ3) is 1.00. The largest absolute Gasteiger partial charge is 0.383 e. The van der Waals surface area contributed by atoms with Gasteiger partial charge in [0.25, 0.3) is 0 Å². The molecule has 0 aliphatic carbocycles. The smallest absolute Gasteiger partial charge is 0.141 e. The van der Waals surface area contributed by atoms with Crippen LogP contribution in [-0.4, -0.2) is 19.4 Å². The Morgan fingerprint density at radius 3 is 3.08 bits per heavy atom. The topological polar surface area (TPSA) is 24.9 Å². The standard InChI is InChI=1S/C9H13BN2/c1-9(2)5-12-7-3-6(10)4-11-8(7)9/h3-4,12H,5,10H2,1-2H3. The van der Waals surface area contributed by atoms with Crippen molar-refractivity contribution in [2.45, 2.75) is 19.3 Å². The van der Waals surface area contributed by atoms with Gasteiger partial charge in [-0.25, -0.2) is 0 Å². The highest BCUT2D eigenvalue weighted by atomic mass is 15.0. The van der Waals surface area contributed by atoms with Crippen LogP contribution in [0.1, 0.15) is 19.5 Å². The molecule has 1 N–H and O–H groups in total. The quantitative estimate of drug-likeness (QED) is 0.542. The van der Waals surface area contributed by atoms with E-state index in [2.05, 4.69) is 38.1 Å². The Hall–Kier alpha value is -0.985. The number of hydrogen-bond acceptors (Lipinski definition) is 2. The summed E-state index contributed by atoms with van der Waals surface area (Å²) < 4.78 is 0. The maximum absolute atomic E-state index is 4.45. The molecule has 0 unspecified atom stereocenters. The van der Waals surface area contributed by atoms with E-state index in [1.54, 1.807) is 0 Å². The lowest BCUT2D eigenvalue weighted by molar-refractivity contribution is 0.569. The summed E-state index contributed by atoms with van der Waals surface area (Å²) in [5.74, 6) is 0. The van der Waals surface area contributed by atoms with Gasteiger partial charge in [-0.15, -0.1) is 0 Å². The van der Waals surface area contributed by atoms with Crippen LogP contribution >= 0.6 is 0 Å². The Morgan fingerprint density at radius 1 is 1.58 bits per heavy atom. The number of pyridine rings is 1. The lowest BCUT2D eigenvalue weighted by Crippen LogP contribution is -2.20. The second kappa shape index (κ2) is 2.25. The van der Waals surface area contributed by atoms with Gasteiger partial charge < -0.3 is 5.32 Å². The monoisotopic (exact) mass is 160 g/mol. The fourth-order valence-corrected chi connectivity index (χ4v) is 1.64. The van der Waals surface area contributed by atoms with Gasteiger partial charge in [-0.05, 0) is 6.07 Å². The number of fused-ring (bicyclic) bond motifs is 1. The first kappa shape index (κ1) is 7.65. The van der Waals surface area contributed by atoms with Crippen molar-refractivity contribution in [3.63, 3.8) is 0 Å². The fraction of sp³-hybridized carbons (Fsp3) is 0.444. The van der Waals surface area contributed by atoms with Gasteiger partial charge in [0.15, 0.2) is 0 Å². The van der Waals surface area contributed by atoms with Crippen molar-refractivity contribution in [2.75, 3.05) is 11.9 Å². The molecule has 1 aliphatic rings. The Bertz CT molecular complexity index is 320. The van der Waals surface area contributed by atoms with E-state index in [-0.39, 0.29) is 5.41 Å². The summed E-state index contributed by atoms with van der Waals surface area (Å²) in [4.78, 5) is 4.45. The van der Waals surface area contributed by atoms with Crippen molar-refractivity contribution >= 4 is 19.0 Å². The molecular weight excluding hydrogens is 147 g/mol. The lowest BCUT2D eigenvalue weighted by atomic mass is 9.90. The molecule has 12 heavy (non-hydrogen) atoms. The minimum absolute atomic E-state index is 0.197. The van der Waals surface area contributed by atoms with Gasteiger partial charge in [0, 0.05) is 18.2 Å². The van der Waals surface area contributed by atoms with Crippen LogP contribution in [0.15, 0.2) is 12.3 Å². The van der Waals surface area contributed by atoms with Crippen LogP contribution in [0, 0.1) is 0 Å². The number of anilines is 1. The number of nitrogens with one attached hydrogen (secondary N) is 1. The van der Waals surface area contributed by atoms with Crippen LogP contribution in [0.2, 0.25) is 0 Å². The molecular formula is C9H13BN2. The first-order valence-electron chi connectivity index (χ1n) is 4.30. The van der Waals surface area contributed by atoms with Gasteiger partial charge in [0.1, 0.15) is 7.85 Å². The van der Waals surface area contributed by atoms with E-state index >= 15 is 0 Å². The summed E-state index contributed by atoms with van der Waals surface area (Å²) in [6.07, 6.45) is 1.94. The van der Waals surface area contributed by atoms with Gasteiger partial charge in [-0.2, -0.15) is 0 Å². The molecule has 1 aromatic heterocycles. The molecule has 2 heterocycles. The molecule has 0 radical (unpaired) electrons. The SMILES string of the molecule is Bc1cnc2c(c1)NCC2(C)C. The Balaban J connectivity index is 2.55. The van der Waals surface area contributed by atoms with Crippen molar-refractivity contribution in [3.05, 3.63) is 18.0 Å². The molecule has 0 bridgehead atoms. The Kier molecular flexibility index (Phi) is 1.44. The summed E-state index contributed by atoms with van der Waals surface area (Å²) in [6.45, 7) is 5.43. The van der Waals surface area contributed by atoms with E-state index in [1.165, 1.54) is 16.8 Å². The molecule has 62 valence electrons. The predicted molar refractivity (Wildman–Crippen MR) is 53.9 cm³/mol. The summed E-state index contributed by atoms with van der Waals surface area (Å²) in [5.41, 5.74) is 3.83. The van der Waals surface area contributed by atoms with Crippen molar-refractivity contribution in [3.8, 4) is 0 Å². The first-order valence-corrected chi connectivity index (χ1v) is 4.30. The third-order valence-electron chi connectivity index (χ3n) is 2.39. The second-order valence-corrected chi connectivity index (χ2v) is 4.15.